The molecule has 2 N–H and O–H groups in total. The molecule has 0 bridgehead atoms. The summed E-state index contributed by atoms with van der Waals surface area (Å²) in [5, 5.41) is 20.1. The molecule has 0 amide bonds. The van der Waals surface area contributed by atoms with E-state index in [1.165, 1.54) is 30.5 Å². The topological polar surface area (TPSA) is 84.9 Å². The summed E-state index contributed by atoms with van der Waals surface area (Å²) in [6.45, 7) is 9.63. The van der Waals surface area contributed by atoms with E-state index in [1.54, 1.807) is 0 Å². The molecule has 0 atom stereocenters. The molecule has 0 spiro atoms. The van der Waals surface area contributed by atoms with Crippen LogP contribution in [0.15, 0.2) is 4.99 Å². The van der Waals surface area contributed by atoms with Gasteiger partial charge in [0.2, 0.25) is 0 Å². The average molecular weight is 387 g/mol. The van der Waals surface area contributed by atoms with Crippen molar-refractivity contribution in [2.75, 3.05) is 13.1 Å². The Kier molecular flexibility index (Phi) is 7.06. The zero-order chi connectivity index (χ0) is 19.9. The fourth-order valence-corrected chi connectivity index (χ4v) is 3.73. The summed E-state index contributed by atoms with van der Waals surface area (Å²) in [5.41, 5.74) is 3.42. The van der Waals surface area contributed by atoms with E-state index in [-0.39, 0.29) is 0 Å². The number of nitrogens with one attached hydrogen (secondary N) is 2. The van der Waals surface area contributed by atoms with E-state index in [2.05, 4.69) is 44.3 Å². The fraction of sp³-hybridized carbons (Fsp3) is 0.700. The van der Waals surface area contributed by atoms with Gasteiger partial charge in [-0.05, 0) is 40.0 Å². The van der Waals surface area contributed by atoms with Gasteiger partial charge in [-0.15, -0.1) is 10.2 Å². The number of hydrogen-bond acceptors (Lipinski definition) is 4. The number of aliphatic imine (C=N–C) groups is 1. The van der Waals surface area contributed by atoms with Crippen molar-refractivity contribution in [1.29, 1.82) is 0 Å². The van der Waals surface area contributed by atoms with Gasteiger partial charge in [0, 0.05) is 50.8 Å². The van der Waals surface area contributed by atoms with Crippen molar-refractivity contribution in [1.82, 2.24) is 35.2 Å². The lowest BCUT2D eigenvalue weighted by atomic mass is 10.2. The molecular formula is C20H34N8. The molecule has 0 unspecified atom stereocenters. The Morgan fingerprint density at radius 1 is 1.14 bits per heavy atom. The third kappa shape index (κ3) is 4.91. The van der Waals surface area contributed by atoms with Gasteiger partial charge in [0.15, 0.2) is 5.96 Å². The molecule has 3 rings (SSSR count). The molecule has 1 aliphatic heterocycles. The molecule has 0 aromatic carbocycles. The molecule has 1 aliphatic rings. The molecule has 0 saturated heterocycles. The predicted molar refractivity (Wildman–Crippen MR) is 111 cm³/mol. The van der Waals surface area contributed by atoms with E-state index in [0.717, 1.165) is 62.2 Å². The average Bonchev–Trinajstić information content (AvgIpc) is 3.05. The Hall–Kier alpha value is -2.38. The Morgan fingerprint density at radius 2 is 2.00 bits per heavy atom. The zero-order valence-electron chi connectivity index (χ0n) is 17.8. The van der Waals surface area contributed by atoms with Crippen molar-refractivity contribution in [3.8, 4) is 0 Å². The van der Waals surface area contributed by atoms with Crippen LogP contribution in [0.1, 0.15) is 61.2 Å². The molecule has 8 heteroatoms. The fourth-order valence-electron chi connectivity index (χ4n) is 3.73. The SMILES string of the molecule is CCNC(=NCc1c(C)nn(C)c1C)NCCCc1nnc2n1CCCCC2. The van der Waals surface area contributed by atoms with Gasteiger partial charge in [-0.2, -0.15) is 5.10 Å². The third-order valence-corrected chi connectivity index (χ3v) is 5.45. The van der Waals surface area contributed by atoms with Gasteiger partial charge >= 0.3 is 0 Å². The predicted octanol–water partition coefficient (Wildman–Crippen LogP) is 2.04. The normalized spacial score (nSPS) is 14.6. The number of rotatable bonds is 7. The van der Waals surface area contributed by atoms with Gasteiger partial charge in [-0.1, -0.05) is 6.42 Å². The Balaban J connectivity index is 1.52. The van der Waals surface area contributed by atoms with Crippen LogP contribution in [0.3, 0.4) is 0 Å². The number of hydrogen-bond donors (Lipinski definition) is 2. The molecule has 0 radical (unpaired) electrons. The Morgan fingerprint density at radius 3 is 2.75 bits per heavy atom. The zero-order valence-corrected chi connectivity index (χ0v) is 17.8. The van der Waals surface area contributed by atoms with Crippen LogP contribution in [-0.2, 0) is 33.0 Å². The van der Waals surface area contributed by atoms with Crippen molar-refractivity contribution in [2.45, 2.75) is 72.4 Å². The third-order valence-electron chi connectivity index (χ3n) is 5.45. The summed E-state index contributed by atoms with van der Waals surface area (Å²) < 4.78 is 4.25. The Bertz CT molecular complexity index is 801. The Labute approximate surface area is 167 Å². The van der Waals surface area contributed by atoms with E-state index in [1.807, 2.05) is 18.7 Å². The minimum atomic E-state index is 0.637. The standard InChI is InChI=1S/C20H34N8/c1-5-21-20(23-14-17-15(2)26-27(4)16(17)3)22-12-9-11-19-25-24-18-10-7-6-8-13-28(18)19/h5-14H2,1-4H3,(H2,21,22,23). The second-order valence-electron chi connectivity index (χ2n) is 7.49. The van der Waals surface area contributed by atoms with Crippen molar-refractivity contribution in [2.24, 2.45) is 12.0 Å². The maximum Gasteiger partial charge on any atom is 0.191 e. The number of guanidine groups is 1. The smallest absolute Gasteiger partial charge is 0.191 e. The molecule has 154 valence electrons. The van der Waals surface area contributed by atoms with Crippen LogP contribution in [0.5, 0.6) is 0 Å². The van der Waals surface area contributed by atoms with Gasteiger partial charge in [0.1, 0.15) is 11.6 Å². The first-order chi connectivity index (χ1) is 13.6. The van der Waals surface area contributed by atoms with E-state index in [0.29, 0.717) is 6.54 Å². The number of aromatic nitrogens is 5. The second-order valence-corrected chi connectivity index (χ2v) is 7.49. The first-order valence-corrected chi connectivity index (χ1v) is 10.5. The van der Waals surface area contributed by atoms with Crippen LogP contribution in [0, 0.1) is 13.8 Å². The van der Waals surface area contributed by atoms with Gasteiger partial charge in [-0.3, -0.25) is 4.68 Å². The summed E-state index contributed by atoms with van der Waals surface area (Å²) in [7, 11) is 1.98. The highest BCUT2D eigenvalue weighted by atomic mass is 15.3. The quantitative estimate of drug-likeness (QED) is 0.432. The first-order valence-electron chi connectivity index (χ1n) is 10.5. The molecular weight excluding hydrogens is 352 g/mol. The van der Waals surface area contributed by atoms with Gasteiger partial charge < -0.3 is 15.2 Å². The molecule has 0 aliphatic carbocycles. The summed E-state index contributed by atoms with van der Waals surface area (Å²) in [6.07, 6.45) is 6.78. The van der Waals surface area contributed by atoms with Crippen LogP contribution in [0.2, 0.25) is 0 Å². The van der Waals surface area contributed by atoms with Crippen LogP contribution in [0.25, 0.3) is 0 Å². The number of fused-ring (bicyclic) bond motifs is 1. The summed E-state index contributed by atoms with van der Waals surface area (Å²) >= 11 is 0. The van der Waals surface area contributed by atoms with Crippen LogP contribution < -0.4 is 10.6 Å². The van der Waals surface area contributed by atoms with Gasteiger partial charge in [0.05, 0.1) is 12.2 Å². The van der Waals surface area contributed by atoms with Crippen LogP contribution in [-0.4, -0.2) is 43.6 Å². The summed E-state index contributed by atoms with van der Waals surface area (Å²) in [6, 6.07) is 0. The van der Waals surface area contributed by atoms with Crippen molar-refractivity contribution < 1.29 is 0 Å². The number of nitrogens with zero attached hydrogens (tertiary/aromatic N) is 6. The monoisotopic (exact) mass is 386 g/mol. The maximum absolute atomic E-state index is 4.74. The lowest BCUT2D eigenvalue weighted by Gasteiger charge is -2.12. The highest BCUT2D eigenvalue weighted by molar-refractivity contribution is 5.79. The van der Waals surface area contributed by atoms with Crippen molar-refractivity contribution in [3.63, 3.8) is 0 Å². The highest BCUT2D eigenvalue weighted by Crippen LogP contribution is 2.15. The van der Waals surface area contributed by atoms with Gasteiger partial charge in [-0.25, -0.2) is 4.99 Å². The lowest BCUT2D eigenvalue weighted by Crippen LogP contribution is -2.38. The van der Waals surface area contributed by atoms with E-state index >= 15 is 0 Å². The second kappa shape index (κ2) is 9.71. The van der Waals surface area contributed by atoms with Crippen molar-refractivity contribution in [3.05, 3.63) is 28.6 Å². The molecule has 3 heterocycles. The van der Waals surface area contributed by atoms with Crippen LogP contribution in [0.4, 0.5) is 0 Å². The summed E-state index contributed by atoms with van der Waals surface area (Å²) in [4.78, 5) is 4.74. The maximum atomic E-state index is 4.74. The van der Waals surface area contributed by atoms with E-state index in [4.69, 9.17) is 4.99 Å². The minimum Gasteiger partial charge on any atom is -0.357 e. The molecule has 8 nitrogen and oxygen atoms in total. The molecule has 0 saturated carbocycles. The van der Waals surface area contributed by atoms with E-state index < -0.39 is 0 Å². The molecule has 2 aromatic heterocycles. The lowest BCUT2D eigenvalue weighted by molar-refractivity contribution is 0.594. The largest absolute Gasteiger partial charge is 0.357 e. The molecule has 0 fully saturated rings. The van der Waals surface area contributed by atoms with Gasteiger partial charge in [0.25, 0.3) is 0 Å². The summed E-state index contributed by atoms with van der Waals surface area (Å²) in [5.74, 6) is 3.14. The first kappa shape index (κ1) is 20.4. The van der Waals surface area contributed by atoms with E-state index in [9.17, 15) is 0 Å². The van der Waals surface area contributed by atoms with Crippen LogP contribution >= 0.6 is 0 Å². The molecule has 2 aromatic rings. The number of aryl methyl sites for hydroxylation is 4. The minimum absolute atomic E-state index is 0.637. The highest BCUT2D eigenvalue weighted by Gasteiger charge is 2.14. The van der Waals surface area contributed by atoms with Crippen molar-refractivity contribution >= 4 is 5.96 Å². The molecule has 28 heavy (non-hydrogen) atoms.